The summed E-state index contributed by atoms with van der Waals surface area (Å²) in [6.07, 6.45) is 4.97. The van der Waals surface area contributed by atoms with E-state index in [2.05, 4.69) is 9.44 Å². The van der Waals surface area contributed by atoms with Crippen molar-refractivity contribution in [2.75, 3.05) is 4.72 Å². The van der Waals surface area contributed by atoms with Gasteiger partial charge in [-0.3, -0.25) is 4.72 Å². The Balaban J connectivity index is 1.54. The van der Waals surface area contributed by atoms with E-state index >= 15 is 0 Å². The van der Waals surface area contributed by atoms with Gasteiger partial charge in [0.1, 0.15) is 0 Å². The molecule has 0 amide bonds. The average molecular weight is 444 g/mol. The lowest BCUT2D eigenvalue weighted by atomic mass is 9.96. The Morgan fingerprint density at radius 1 is 0.800 bits per heavy atom. The van der Waals surface area contributed by atoms with Gasteiger partial charge in [-0.2, -0.15) is 0 Å². The summed E-state index contributed by atoms with van der Waals surface area (Å²) < 4.78 is 52.4. The van der Waals surface area contributed by atoms with Gasteiger partial charge >= 0.3 is 0 Å². The maximum absolute atomic E-state index is 13.1. The van der Waals surface area contributed by atoms with Crippen molar-refractivity contribution < 1.29 is 12.6 Å². The van der Waals surface area contributed by atoms with Crippen LogP contribution in [0.2, 0.25) is 0 Å². The fourth-order valence-electron chi connectivity index (χ4n) is 3.88. The van der Waals surface area contributed by atoms with E-state index in [9.17, 15) is 12.6 Å². The normalized spacial score (nSPS) is 17.5. The van der Waals surface area contributed by atoms with Gasteiger partial charge in [0.2, 0.25) is 10.0 Å². The maximum atomic E-state index is 13.1. The molecule has 1 atom stereocenters. The van der Waals surface area contributed by atoms with Crippen molar-refractivity contribution in [3.05, 3.63) is 66.7 Å². The Kier molecular flexibility index (Phi) is 5.81. The van der Waals surface area contributed by atoms with Crippen LogP contribution < -0.4 is 9.44 Å². The molecule has 3 N–H and O–H groups in total. The number of fused-ring (bicyclic) bond motifs is 1. The molecule has 158 valence electrons. The summed E-state index contributed by atoms with van der Waals surface area (Å²) in [5, 5.41) is 1.66. The molecule has 3 aromatic rings. The van der Waals surface area contributed by atoms with Crippen molar-refractivity contribution in [3.8, 4) is 0 Å². The first-order valence-electron chi connectivity index (χ1n) is 10.0. The molecular weight excluding hydrogens is 418 g/mol. The average Bonchev–Trinajstić information content (AvgIpc) is 2.74. The van der Waals surface area contributed by atoms with E-state index in [4.69, 9.17) is 4.78 Å². The standard InChI is InChI=1S/C22H25N3O3S2/c23-29(26,22-12-6-8-17-7-4-5-11-21(17)22)24-19-13-15-20(16-14-19)30(27,28)25-18-9-2-1-3-10-18/h4-8,11-16,18,25H,1-3,9-10H2,(H2,23,24,26). The summed E-state index contributed by atoms with van der Waals surface area (Å²) in [6.45, 7) is 0. The Bertz CT molecular complexity index is 1240. The number of rotatable bonds is 6. The van der Waals surface area contributed by atoms with Crippen molar-refractivity contribution in [1.29, 1.82) is 4.78 Å². The molecule has 30 heavy (non-hydrogen) atoms. The van der Waals surface area contributed by atoms with Crippen molar-refractivity contribution in [1.82, 2.24) is 4.72 Å². The van der Waals surface area contributed by atoms with Gasteiger partial charge in [-0.15, -0.1) is 0 Å². The number of sulfonamides is 1. The molecule has 0 aliphatic heterocycles. The molecule has 0 aromatic heterocycles. The largest absolute Gasteiger partial charge is 0.295 e. The van der Waals surface area contributed by atoms with Crippen LogP contribution in [0.3, 0.4) is 0 Å². The number of anilines is 1. The second-order valence-corrected chi connectivity index (χ2v) is 11.1. The number of hydrogen-bond acceptors (Lipinski definition) is 4. The molecule has 0 radical (unpaired) electrons. The molecule has 0 bridgehead atoms. The van der Waals surface area contributed by atoms with Crippen LogP contribution in [0.4, 0.5) is 5.69 Å². The van der Waals surface area contributed by atoms with Crippen LogP contribution in [-0.2, 0) is 19.9 Å². The van der Waals surface area contributed by atoms with Crippen LogP contribution in [-0.4, -0.2) is 18.7 Å². The predicted octanol–water partition coefficient (Wildman–Crippen LogP) is 4.88. The predicted molar refractivity (Wildman–Crippen MR) is 120 cm³/mol. The van der Waals surface area contributed by atoms with Gasteiger partial charge in [0.05, 0.1) is 9.79 Å². The fraction of sp³-hybridized carbons (Fsp3) is 0.273. The van der Waals surface area contributed by atoms with Crippen molar-refractivity contribution in [2.24, 2.45) is 0 Å². The van der Waals surface area contributed by atoms with Crippen molar-refractivity contribution >= 4 is 36.4 Å². The van der Waals surface area contributed by atoms with E-state index < -0.39 is 19.9 Å². The fourth-order valence-corrected chi connectivity index (χ4v) is 6.53. The van der Waals surface area contributed by atoms with Gasteiger partial charge in [-0.1, -0.05) is 55.7 Å². The van der Waals surface area contributed by atoms with E-state index in [1.807, 2.05) is 30.3 Å². The highest BCUT2D eigenvalue weighted by molar-refractivity contribution is 7.94. The minimum atomic E-state index is -3.60. The Hall–Kier alpha value is -2.42. The summed E-state index contributed by atoms with van der Waals surface area (Å²) in [6, 6.07) is 18.9. The van der Waals surface area contributed by atoms with Gasteiger partial charge in [0.25, 0.3) is 0 Å². The summed E-state index contributed by atoms with van der Waals surface area (Å²) >= 11 is 0. The summed E-state index contributed by atoms with van der Waals surface area (Å²) in [7, 11) is -6.92. The number of hydrogen-bond donors (Lipinski definition) is 3. The highest BCUT2D eigenvalue weighted by Gasteiger charge is 2.22. The smallest absolute Gasteiger partial charge is 0.240 e. The molecule has 1 unspecified atom stereocenters. The van der Waals surface area contributed by atoms with E-state index in [1.54, 1.807) is 24.3 Å². The zero-order valence-corrected chi connectivity index (χ0v) is 18.1. The second kappa shape index (κ2) is 8.37. The molecule has 1 fully saturated rings. The minimum Gasteiger partial charge on any atom is -0.295 e. The van der Waals surface area contributed by atoms with Gasteiger partial charge in [0.15, 0.2) is 9.92 Å². The summed E-state index contributed by atoms with van der Waals surface area (Å²) in [4.78, 5) is 0.566. The lowest BCUT2D eigenvalue weighted by Crippen LogP contribution is -2.36. The lowest BCUT2D eigenvalue weighted by Gasteiger charge is -2.22. The first-order chi connectivity index (χ1) is 14.4. The molecule has 0 saturated heterocycles. The number of nitrogens with one attached hydrogen (secondary N) is 3. The Morgan fingerprint density at radius 2 is 1.47 bits per heavy atom. The number of benzene rings is 3. The quantitative estimate of drug-likeness (QED) is 0.506. The third-order valence-corrected chi connectivity index (χ3v) is 8.45. The molecule has 8 heteroatoms. The van der Waals surface area contributed by atoms with Gasteiger partial charge in [-0.05, 0) is 48.6 Å². The molecule has 6 nitrogen and oxygen atoms in total. The van der Waals surface area contributed by atoms with Crippen LogP contribution >= 0.6 is 0 Å². The highest BCUT2D eigenvalue weighted by atomic mass is 32.2. The van der Waals surface area contributed by atoms with E-state index in [0.29, 0.717) is 10.6 Å². The molecule has 3 aromatic carbocycles. The van der Waals surface area contributed by atoms with Gasteiger partial charge in [-0.25, -0.2) is 22.1 Å². The van der Waals surface area contributed by atoms with Gasteiger partial charge < -0.3 is 0 Å². The molecule has 1 aliphatic carbocycles. The lowest BCUT2D eigenvalue weighted by molar-refractivity contribution is 0.412. The highest BCUT2D eigenvalue weighted by Crippen LogP contribution is 2.26. The van der Waals surface area contributed by atoms with Crippen LogP contribution in [0.15, 0.2) is 76.5 Å². The maximum Gasteiger partial charge on any atom is 0.240 e. The molecule has 1 saturated carbocycles. The summed E-state index contributed by atoms with van der Waals surface area (Å²) in [5.41, 5.74) is 0.430. The van der Waals surface area contributed by atoms with E-state index in [-0.39, 0.29) is 10.9 Å². The summed E-state index contributed by atoms with van der Waals surface area (Å²) in [5.74, 6) is 0. The monoisotopic (exact) mass is 443 g/mol. The van der Waals surface area contributed by atoms with E-state index in [1.165, 1.54) is 12.1 Å². The van der Waals surface area contributed by atoms with Crippen LogP contribution in [0, 0.1) is 4.78 Å². The van der Waals surface area contributed by atoms with Crippen molar-refractivity contribution in [3.63, 3.8) is 0 Å². The van der Waals surface area contributed by atoms with E-state index in [0.717, 1.165) is 42.9 Å². The minimum absolute atomic E-state index is 0.0140. The topological polar surface area (TPSA) is 99.1 Å². The SMILES string of the molecule is N=S(=O)(Nc1ccc(S(=O)(=O)NC2CCCCC2)cc1)c1cccc2ccccc12. The van der Waals surface area contributed by atoms with Crippen LogP contribution in [0.1, 0.15) is 32.1 Å². The first kappa shape index (κ1) is 20.8. The zero-order valence-electron chi connectivity index (χ0n) is 16.5. The molecule has 1 aliphatic rings. The Labute approximate surface area is 177 Å². The zero-order chi connectivity index (χ0) is 21.2. The van der Waals surface area contributed by atoms with Crippen LogP contribution in [0.25, 0.3) is 10.8 Å². The molecule has 0 heterocycles. The molecular formula is C22H25N3O3S2. The Morgan fingerprint density at radius 3 is 2.20 bits per heavy atom. The van der Waals surface area contributed by atoms with Crippen molar-refractivity contribution in [2.45, 2.75) is 47.9 Å². The van der Waals surface area contributed by atoms with Crippen LogP contribution in [0.5, 0.6) is 0 Å². The third kappa shape index (κ3) is 4.50. The molecule has 0 spiro atoms. The molecule has 4 rings (SSSR count). The second-order valence-electron chi connectivity index (χ2n) is 7.62. The van der Waals surface area contributed by atoms with Gasteiger partial charge in [0, 0.05) is 17.1 Å². The third-order valence-electron chi connectivity index (χ3n) is 5.41. The first-order valence-corrected chi connectivity index (χ1v) is 13.1.